The fraction of sp³-hybridized carbons (Fsp3) is 0.350. The van der Waals surface area contributed by atoms with E-state index >= 15 is 0 Å². The van der Waals surface area contributed by atoms with Crippen molar-refractivity contribution in [2.75, 3.05) is 18.5 Å². The Labute approximate surface area is 142 Å². The van der Waals surface area contributed by atoms with Crippen molar-refractivity contribution in [1.29, 1.82) is 0 Å². The summed E-state index contributed by atoms with van der Waals surface area (Å²) in [6.45, 7) is 3.35. The summed E-state index contributed by atoms with van der Waals surface area (Å²) < 4.78 is 11.4. The van der Waals surface area contributed by atoms with Crippen LogP contribution in [0.3, 0.4) is 0 Å². The molecule has 0 unspecified atom stereocenters. The normalized spacial score (nSPS) is 16.8. The molecule has 2 aromatic carbocycles. The van der Waals surface area contributed by atoms with Gasteiger partial charge in [0.2, 0.25) is 0 Å². The van der Waals surface area contributed by atoms with Crippen molar-refractivity contribution >= 4 is 11.6 Å². The molecule has 1 aliphatic heterocycles. The van der Waals surface area contributed by atoms with Gasteiger partial charge in [0.05, 0.1) is 11.7 Å². The summed E-state index contributed by atoms with van der Waals surface area (Å²) in [5.74, 6) is 0.443. The topological polar surface area (TPSA) is 47.6 Å². The van der Waals surface area contributed by atoms with E-state index in [9.17, 15) is 4.79 Å². The molecule has 1 atom stereocenters. The molecular formula is C20H23NO3. The van der Waals surface area contributed by atoms with Crippen molar-refractivity contribution in [3.8, 4) is 5.75 Å². The summed E-state index contributed by atoms with van der Waals surface area (Å²) in [6, 6.07) is 15.2. The fourth-order valence-corrected chi connectivity index (χ4v) is 2.88. The zero-order chi connectivity index (χ0) is 16.8. The third kappa shape index (κ3) is 3.95. The van der Waals surface area contributed by atoms with Crippen LogP contribution in [-0.4, -0.2) is 25.2 Å². The Kier molecular flexibility index (Phi) is 5.49. The Balaban J connectivity index is 1.72. The van der Waals surface area contributed by atoms with Crippen LogP contribution in [0, 0.1) is 0 Å². The molecule has 1 aliphatic rings. The SMILES string of the molecule is CCc1ccccc1NC(=O)c1ccccc1OC[C@@H]1CCCO1. The molecule has 0 radical (unpaired) electrons. The molecule has 0 spiro atoms. The number of rotatable bonds is 6. The highest BCUT2D eigenvalue weighted by molar-refractivity contribution is 6.06. The second kappa shape index (κ2) is 7.97. The van der Waals surface area contributed by atoms with E-state index in [1.54, 1.807) is 6.07 Å². The molecule has 0 aliphatic carbocycles. The van der Waals surface area contributed by atoms with Crippen LogP contribution in [0.25, 0.3) is 0 Å². The maximum Gasteiger partial charge on any atom is 0.259 e. The van der Waals surface area contributed by atoms with Crippen molar-refractivity contribution in [3.05, 3.63) is 59.7 Å². The molecule has 1 heterocycles. The molecule has 1 N–H and O–H groups in total. The van der Waals surface area contributed by atoms with Gasteiger partial charge in [-0.1, -0.05) is 37.3 Å². The Morgan fingerprint density at radius 3 is 2.79 bits per heavy atom. The van der Waals surface area contributed by atoms with E-state index in [2.05, 4.69) is 12.2 Å². The highest BCUT2D eigenvalue weighted by Crippen LogP contribution is 2.23. The first-order valence-electron chi connectivity index (χ1n) is 8.50. The highest BCUT2D eigenvalue weighted by atomic mass is 16.5. The number of carbonyl (C=O) groups is 1. The first-order chi connectivity index (χ1) is 11.8. The minimum Gasteiger partial charge on any atom is -0.490 e. The van der Waals surface area contributed by atoms with Crippen LogP contribution in [0.15, 0.2) is 48.5 Å². The average molecular weight is 325 g/mol. The molecule has 126 valence electrons. The van der Waals surface area contributed by atoms with Gasteiger partial charge in [-0.05, 0) is 43.0 Å². The van der Waals surface area contributed by atoms with Gasteiger partial charge in [-0.3, -0.25) is 4.79 Å². The van der Waals surface area contributed by atoms with Crippen LogP contribution in [0.4, 0.5) is 5.69 Å². The second-order valence-corrected chi connectivity index (χ2v) is 5.91. The molecule has 2 aromatic rings. The molecular weight excluding hydrogens is 302 g/mol. The van der Waals surface area contributed by atoms with Crippen molar-refractivity contribution in [1.82, 2.24) is 0 Å². The lowest BCUT2D eigenvalue weighted by atomic mass is 10.1. The number of hydrogen-bond acceptors (Lipinski definition) is 3. The van der Waals surface area contributed by atoms with Crippen LogP contribution in [0.2, 0.25) is 0 Å². The Morgan fingerprint density at radius 1 is 1.21 bits per heavy atom. The molecule has 4 heteroatoms. The number of para-hydroxylation sites is 2. The molecule has 0 aromatic heterocycles. The Hall–Kier alpha value is -2.33. The lowest BCUT2D eigenvalue weighted by Crippen LogP contribution is -2.19. The fourth-order valence-electron chi connectivity index (χ4n) is 2.88. The van der Waals surface area contributed by atoms with Gasteiger partial charge in [0.1, 0.15) is 12.4 Å². The summed E-state index contributed by atoms with van der Waals surface area (Å²) in [5, 5.41) is 3.00. The number of benzene rings is 2. The van der Waals surface area contributed by atoms with Crippen LogP contribution >= 0.6 is 0 Å². The first kappa shape index (κ1) is 16.5. The summed E-state index contributed by atoms with van der Waals surface area (Å²) in [6.07, 6.45) is 3.08. The van der Waals surface area contributed by atoms with E-state index in [4.69, 9.17) is 9.47 Å². The van der Waals surface area contributed by atoms with Gasteiger partial charge in [-0.25, -0.2) is 0 Å². The molecule has 1 amide bonds. The number of hydrogen-bond donors (Lipinski definition) is 1. The monoisotopic (exact) mass is 325 g/mol. The maximum absolute atomic E-state index is 12.7. The molecule has 3 rings (SSSR count). The van der Waals surface area contributed by atoms with Gasteiger partial charge in [-0.15, -0.1) is 0 Å². The molecule has 24 heavy (non-hydrogen) atoms. The van der Waals surface area contributed by atoms with E-state index in [1.165, 1.54) is 0 Å². The lowest BCUT2D eigenvalue weighted by molar-refractivity contribution is 0.0673. The molecule has 1 fully saturated rings. The van der Waals surface area contributed by atoms with Crippen LogP contribution < -0.4 is 10.1 Å². The predicted molar refractivity (Wildman–Crippen MR) is 94.7 cm³/mol. The van der Waals surface area contributed by atoms with Crippen molar-refractivity contribution < 1.29 is 14.3 Å². The van der Waals surface area contributed by atoms with Gasteiger partial charge in [0.15, 0.2) is 0 Å². The second-order valence-electron chi connectivity index (χ2n) is 5.91. The van der Waals surface area contributed by atoms with E-state index in [-0.39, 0.29) is 12.0 Å². The largest absolute Gasteiger partial charge is 0.490 e. The number of amides is 1. The van der Waals surface area contributed by atoms with Crippen LogP contribution in [-0.2, 0) is 11.2 Å². The first-order valence-corrected chi connectivity index (χ1v) is 8.50. The lowest BCUT2D eigenvalue weighted by Gasteiger charge is -2.15. The molecule has 0 bridgehead atoms. The minimum absolute atomic E-state index is 0.127. The zero-order valence-electron chi connectivity index (χ0n) is 14.0. The smallest absolute Gasteiger partial charge is 0.259 e. The van der Waals surface area contributed by atoms with E-state index in [0.29, 0.717) is 17.9 Å². The number of aryl methyl sites for hydroxylation is 1. The van der Waals surface area contributed by atoms with Gasteiger partial charge >= 0.3 is 0 Å². The van der Waals surface area contributed by atoms with Crippen LogP contribution in [0.5, 0.6) is 5.75 Å². The minimum atomic E-state index is -0.154. The van der Waals surface area contributed by atoms with Gasteiger partial charge in [0.25, 0.3) is 5.91 Å². The van der Waals surface area contributed by atoms with E-state index in [0.717, 1.165) is 37.1 Å². The molecule has 0 saturated carbocycles. The van der Waals surface area contributed by atoms with Crippen molar-refractivity contribution in [3.63, 3.8) is 0 Å². The van der Waals surface area contributed by atoms with E-state index < -0.39 is 0 Å². The van der Waals surface area contributed by atoms with E-state index in [1.807, 2.05) is 42.5 Å². The predicted octanol–water partition coefficient (Wildman–Crippen LogP) is 4.06. The zero-order valence-corrected chi connectivity index (χ0v) is 14.0. The maximum atomic E-state index is 12.7. The van der Waals surface area contributed by atoms with Gasteiger partial charge < -0.3 is 14.8 Å². The molecule has 4 nitrogen and oxygen atoms in total. The highest BCUT2D eigenvalue weighted by Gasteiger charge is 2.18. The summed E-state index contributed by atoms with van der Waals surface area (Å²) in [4.78, 5) is 12.7. The van der Waals surface area contributed by atoms with Crippen LogP contribution in [0.1, 0.15) is 35.7 Å². The summed E-state index contributed by atoms with van der Waals surface area (Å²) in [7, 11) is 0. The number of nitrogens with one attached hydrogen (secondary N) is 1. The van der Waals surface area contributed by atoms with Gasteiger partial charge in [0, 0.05) is 12.3 Å². The third-order valence-corrected chi connectivity index (χ3v) is 4.23. The average Bonchev–Trinajstić information content (AvgIpc) is 3.14. The quantitative estimate of drug-likeness (QED) is 0.871. The Bertz CT molecular complexity index is 693. The number of anilines is 1. The number of carbonyl (C=O) groups excluding carboxylic acids is 1. The Morgan fingerprint density at radius 2 is 2.00 bits per heavy atom. The van der Waals surface area contributed by atoms with Crippen molar-refractivity contribution in [2.24, 2.45) is 0 Å². The van der Waals surface area contributed by atoms with Crippen molar-refractivity contribution in [2.45, 2.75) is 32.3 Å². The summed E-state index contributed by atoms with van der Waals surface area (Å²) >= 11 is 0. The number of ether oxygens (including phenoxy) is 2. The van der Waals surface area contributed by atoms with Gasteiger partial charge in [-0.2, -0.15) is 0 Å². The standard InChI is InChI=1S/C20H23NO3/c1-2-15-8-3-5-11-18(15)21-20(22)17-10-4-6-12-19(17)24-14-16-9-7-13-23-16/h3-6,8,10-12,16H,2,7,9,13-14H2,1H3,(H,21,22)/t16-/m0/s1. The summed E-state index contributed by atoms with van der Waals surface area (Å²) in [5.41, 5.74) is 2.50. The molecule has 1 saturated heterocycles. The third-order valence-electron chi connectivity index (χ3n) is 4.23.